The summed E-state index contributed by atoms with van der Waals surface area (Å²) in [7, 11) is 0. The second-order valence-corrected chi connectivity index (χ2v) is 6.45. The van der Waals surface area contributed by atoms with Crippen LogP contribution in [0.15, 0.2) is 24.4 Å². The third kappa shape index (κ3) is 3.73. The molecule has 0 aliphatic rings. The van der Waals surface area contributed by atoms with Crippen molar-refractivity contribution in [2.75, 3.05) is 11.9 Å². The van der Waals surface area contributed by atoms with Crippen molar-refractivity contribution < 1.29 is 4.74 Å². The third-order valence-electron chi connectivity index (χ3n) is 2.22. The van der Waals surface area contributed by atoms with Crippen molar-refractivity contribution in [3.8, 4) is 5.75 Å². The number of thiazole rings is 1. The molecule has 0 bridgehead atoms. The van der Waals surface area contributed by atoms with Crippen LogP contribution in [0.5, 0.6) is 5.75 Å². The van der Waals surface area contributed by atoms with Crippen molar-refractivity contribution in [3.05, 3.63) is 37.3 Å². The molecule has 18 heavy (non-hydrogen) atoms. The number of ether oxygens (including phenoxy) is 1. The van der Waals surface area contributed by atoms with Crippen molar-refractivity contribution >= 4 is 51.2 Å². The monoisotopic (exact) mass is 394 g/mol. The lowest BCUT2D eigenvalue weighted by molar-refractivity contribution is 0.341. The zero-order valence-corrected chi connectivity index (χ0v) is 13.5. The molecule has 0 radical (unpaired) electrons. The minimum atomic E-state index is 0.569. The Bertz CT molecular complexity index is 533. The molecule has 2 aromatic rings. The van der Waals surface area contributed by atoms with Gasteiger partial charge in [0.05, 0.1) is 18.8 Å². The molecule has 0 aliphatic heterocycles. The molecule has 96 valence electrons. The standard InChI is InChI=1S/C12H12ClIN2OS/c1-2-17-11-4-3-8(14)5-10(11)15-6-9-7-16-12(13)18-9/h3-5,7,15H,2,6H2,1H3. The van der Waals surface area contributed by atoms with E-state index in [-0.39, 0.29) is 0 Å². The van der Waals surface area contributed by atoms with E-state index in [0.717, 1.165) is 16.3 Å². The van der Waals surface area contributed by atoms with Crippen LogP contribution in [-0.4, -0.2) is 11.6 Å². The van der Waals surface area contributed by atoms with Crippen LogP contribution in [0.4, 0.5) is 5.69 Å². The average molecular weight is 395 g/mol. The fourth-order valence-electron chi connectivity index (χ4n) is 1.47. The Balaban J connectivity index is 2.09. The van der Waals surface area contributed by atoms with Gasteiger partial charge in [0.15, 0.2) is 4.47 Å². The predicted molar refractivity (Wildman–Crippen MR) is 84.8 cm³/mol. The molecule has 0 spiro atoms. The highest BCUT2D eigenvalue weighted by Crippen LogP contribution is 2.28. The molecule has 0 atom stereocenters. The minimum absolute atomic E-state index is 0.569. The highest BCUT2D eigenvalue weighted by molar-refractivity contribution is 14.1. The van der Waals surface area contributed by atoms with E-state index >= 15 is 0 Å². The van der Waals surface area contributed by atoms with Crippen LogP contribution >= 0.6 is 45.5 Å². The van der Waals surface area contributed by atoms with E-state index < -0.39 is 0 Å². The Morgan fingerprint density at radius 3 is 3.00 bits per heavy atom. The van der Waals surface area contributed by atoms with Crippen molar-refractivity contribution in [1.29, 1.82) is 0 Å². The zero-order valence-electron chi connectivity index (χ0n) is 9.74. The molecule has 1 N–H and O–H groups in total. The SMILES string of the molecule is CCOc1ccc(I)cc1NCc1cnc(Cl)s1. The maximum absolute atomic E-state index is 5.80. The van der Waals surface area contributed by atoms with Crippen LogP contribution in [0.1, 0.15) is 11.8 Å². The van der Waals surface area contributed by atoms with Crippen molar-refractivity contribution in [2.24, 2.45) is 0 Å². The van der Waals surface area contributed by atoms with Gasteiger partial charge in [-0.05, 0) is 47.7 Å². The summed E-state index contributed by atoms with van der Waals surface area (Å²) in [6.07, 6.45) is 1.79. The molecule has 1 heterocycles. The number of rotatable bonds is 5. The van der Waals surface area contributed by atoms with Gasteiger partial charge in [0.1, 0.15) is 5.75 Å². The van der Waals surface area contributed by atoms with E-state index in [9.17, 15) is 0 Å². The second kappa shape index (κ2) is 6.58. The summed E-state index contributed by atoms with van der Waals surface area (Å²) in [4.78, 5) is 5.11. The summed E-state index contributed by atoms with van der Waals surface area (Å²) in [5.41, 5.74) is 0.994. The quantitative estimate of drug-likeness (QED) is 0.763. The van der Waals surface area contributed by atoms with Crippen molar-refractivity contribution in [3.63, 3.8) is 0 Å². The topological polar surface area (TPSA) is 34.1 Å². The van der Waals surface area contributed by atoms with Crippen LogP contribution in [0.2, 0.25) is 4.47 Å². The van der Waals surface area contributed by atoms with Gasteiger partial charge < -0.3 is 10.1 Å². The average Bonchev–Trinajstić information content (AvgIpc) is 2.76. The van der Waals surface area contributed by atoms with Gasteiger partial charge in [0.25, 0.3) is 0 Å². The van der Waals surface area contributed by atoms with Gasteiger partial charge in [-0.15, -0.1) is 11.3 Å². The minimum Gasteiger partial charge on any atom is -0.492 e. The first kappa shape index (κ1) is 13.9. The molecule has 0 unspecified atom stereocenters. The van der Waals surface area contributed by atoms with E-state index in [4.69, 9.17) is 16.3 Å². The summed E-state index contributed by atoms with van der Waals surface area (Å²) >= 11 is 9.56. The number of aromatic nitrogens is 1. The van der Waals surface area contributed by atoms with Gasteiger partial charge in [-0.2, -0.15) is 0 Å². The molecule has 2 rings (SSSR count). The summed E-state index contributed by atoms with van der Waals surface area (Å²) in [5, 5.41) is 3.35. The predicted octanol–water partition coefficient (Wildman–Crippen LogP) is 4.41. The summed E-state index contributed by atoms with van der Waals surface area (Å²) in [6, 6.07) is 6.07. The molecule has 0 aliphatic carbocycles. The Morgan fingerprint density at radius 2 is 2.33 bits per heavy atom. The van der Waals surface area contributed by atoms with E-state index in [1.807, 2.05) is 19.1 Å². The molecule has 1 aromatic carbocycles. The lowest BCUT2D eigenvalue weighted by atomic mass is 10.3. The normalized spacial score (nSPS) is 10.4. The van der Waals surface area contributed by atoms with E-state index in [1.165, 1.54) is 14.9 Å². The molecule has 6 heteroatoms. The Labute approximate surface area is 129 Å². The summed E-state index contributed by atoms with van der Waals surface area (Å²) in [6.45, 7) is 3.33. The largest absolute Gasteiger partial charge is 0.492 e. The summed E-state index contributed by atoms with van der Waals surface area (Å²) < 4.78 is 7.32. The number of nitrogens with zero attached hydrogens (tertiary/aromatic N) is 1. The van der Waals surface area contributed by atoms with Gasteiger partial charge in [-0.25, -0.2) is 4.98 Å². The number of benzene rings is 1. The van der Waals surface area contributed by atoms with Crippen LogP contribution in [-0.2, 0) is 6.54 Å². The molecule has 0 saturated heterocycles. The highest BCUT2D eigenvalue weighted by atomic mass is 127. The Kier molecular flexibility index (Phi) is 5.08. The first-order valence-electron chi connectivity index (χ1n) is 5.45. The first-order valence-corrected chi connectivity index (χ1v) is 7.72. The van der Waals surface area contributed by atoms with Gasteiger partial charge >= 0.3 is 0 Å². The molecule has 3 nitrogen and oxygen atoms in total. The van der Waals surface area contributed by atoms with Crippen molar-refractivity contribution in [1.82, 2.24) is 4.98 Å². The Morgan fingerprint density at radius 1 is 1.50 bits per heavy atom. The molecule has 0 fully saturated rings. The molecular weight excluding hydrogens is 383 g/mol. The van der Waals surface area contributed by atoms with Gasteiger partial charge in [0, 0.05) is 14.6 Å². The van der Waals surface area contributed by atoms with Gasteiger partial charge in [-0.1, -0.05) is 11.6 Å². The number of hydrogen-bond acceptors (Lipinski definition) is 4. The third-order valence-corrected chi connectivity index (χ3v) is 4.01. The maximum Gasteiger partial charge on any atom is 0.183 e. The Hall–Kier alpha value is -0.530. The second-order valence-electron chi connectivity index (χ2n) is 3.51. The number of hydrogen-bond donors (Lipinski definition) is 1. The zero-order chi connectivity index (χ0) is 13.0. The van der Waals surface area contributed by atoms with Gasteiger partial charge in [-0.3, -0.25) is 0 Å². The van der Waals surface area contributed by atoms with Crippen LogP contribution in [0.3, 0.4) is 0 Å². The van der Waals surface area contributed by atoms with E-state index in [2.05, 4.69) is 39.0 Å². The first-order chi connectivity index (χ1) is 8.69. The number of anilines is 1. The van der Waals surface area contributed by atoms with Crippen LogP contribution in [0.25, 0.3) is 0 Å². The summed E-state index contributed by atoms with van der Waals surface area (Å²) in [5.74, 6) is 0.869. The van der Waals surface area contributed by atoms with Gasteiger partial charge in [0.2, 0.25) is 0 Å². The van der Waals surface area contributed by atoms with Crippen LogP contribution < -0.4 is 10.1 Å². The van der Waals surface area contributed by atoms with E-state index in [1.54, 1.807) is 6.20 Å². The molecule has 0 amide bonds. The highest BCUT2D eigenvalue weighted by Gasteiger charge is 2.05. The van der Waals surface area contributed by atoms with E-state index in [0.29, 0.717) is 17.6 Å². The smallest absolute Gasteiger partial charge is 0.183 e. The maximum atomic E-state index is 5.80. The number of nitrogens with one attached hydrogen (secondary N) is 1. The van der Waals surface area contributed by atoms with Crippen LogP contribution in [0, 0.1) is 3.57 Å². The number of halogens is 2. The van der Waals surface area contributed by atoms with Crippen molar-refractivity contribution in [2.45, 2.75) is 13.5 Å². The lowest BCUT2D eigenvalue weighted by Gasteiger charge is -2.12. The molecular formula is C12H12ClIN2OS. The lowest BCUT2D eigenvalue weighted by Crippen LogP contribution is -2.02. The molecule has 0 saturated carbocycles. The molecule has 1 aromatic heterocycles. The fourth-order valence-corrected chi connectivity index (χ4v) is 2.88. The fraction of sp³-hybridized carbons (Fsp3) is 0.250.